The van der Waals surface area contributed by atoms with Crippen molar-refractivity contribution in [1.82, 2.24) is 0 Å². The summed E-state index contributed by atoms with van der Waals surface area (Å²) < 4.78 is 0. The van der Waals surface area contributed by atoms with Crippen molar-refractivity contribution >= 4 is 40.6 Å². The van der Waals surface area contributed by atoms with Gasteiger partial charge in [0.05, 0.1) is 10.2 Å². The second-order valence-electron chi connectivity index (χ2n) is 7.81. The van der Waals surface area contributed by atoms with E-state index in [0.717, 1.165) is 10.6 Å². The lowest BCUT2D eigenvalue weighted by Crippen LogP contribution is -2.22. The van der Waals surface area contributed by atoms with Crippen molar-refractivity contribution in [2.45, 2.75) is 36.8 Å². The molecule has 2 N–H and O–H groups in total. The first kappa shape index (κ1) is 24.0. The van der Waals surface area contributed by atoms with Crippen LogP contribution < -0.4 is 10.6 Å². The third-order valence-electron chi connectivity index (χ3n) is 4.96. The van der Waals surface area contributed by atoms with Crippen molar-refractivity contribution in [3.63, 3.8) is 0 Å². The average Bonchev–Trinajstić information content (AvgIpc) is 2.80. The normalized spacial score (nSPS) is 11.6. The fourth-order valence-electron chi connectivity index (χ4n) is 3.03. The van der Waals surface area contributed by atoms with Gasteiger partial charge in [0.1, 0.15) is 0 Å². The number of hydrogen-bond donors (Lipinski definition) is 2. The molecule has 2 amide bonds. The Balaban J connectivity index is 1.56. The van der Waals surface area contributed by atoms with E-state index in [-0.39, 0.29) is 22.4 Å². The summed E-state index contributed by atoms with van der Waals surface area (Å²) >= 11 is 1.41. The van der Waals surface area contributed by atoms with E-state index < -0.39 is 10.8 Å². The first-order chi connectivity index (χ1) is 15.7. The number of carbonyl (C=O) groups excluding carboxylic acids is 2. The van der Waals surface area contributed by atoms with Crippen molar-refractivity contribution in [2.24, 2.45) is 0 Å². The Morgan fingerprint density at radius 3 is 2.09 bits per heavy atom. The van der Waals surface area contributed by atoms with E-state index >= 15 is 0 Å². The molecule has 1 atom stereocenters. The highest BCUT2D eigenvalue weighted by Crippen LogP contribution is 2.26. The van der Waals surface area contributed by atoms with Gasteiger partial charge in [-0.1, -0.05) is 32.0 Å². The van der Waals surface area contributed by atoms with Gasteiger partial charge < -0.3 is 10.6 Å². The molecule has 1 unspecified atom stereocenters. The maximum Gasteiger partial charge on any atom is 0.270 e. The third-order valence-corrected chi connectivity index (χ3v) is 6.07. The molecular weight excluding hydrogens is 438 g/mol. The molecule has 0 saturated carbocycles. The summed E-state index contributed by atoms with van der Waals surface area (Å²) in [6.07, 6.45) is 0. The number of nitrogens with zero attached hydrogens (tertiary/aromatic N) is 1. The van der Waals surface area contributed by atoms with E-state index in [1.165, 1.54) is 41.6 Å². The van der Waals surface area contributed by atoms with Gasteiger partial charge in [0.15, 0.2) is 0 Å². The average molecular weight is 464 g/mol. The molecule has 0 aliphatic rings. The predicted octanol–water partition coefficient (Wildman–Crippen LogP) is 6.09. The summed E-state index contributed by atoms with van der Waals surface area (Å²) in [5.41, 5.74) is 2.59. The summed E-state index contributed by atoms with van der Waals surface area (Å²) in [5.74, 6) is -0.0983. The topological polar surface area (TPSA) is 101 Å². The molecule has 3 aromatic rings. The minimum Gasteiger partial charge on any atom is -0.325 e. The lowest BCUT2D eigenvalue weighted by atomic mass is 10.0. The van der Waals surface area contributed by atoms with Crippen molar-refractivity contribution < 1.29 is 14.5 Å². The number of rotatable bonds is 8. The summed E-state index contributed by atoms with van der Waals surface area (Å²) in [7, 11) is 0. The Bertz CT molecular complexity index is 1150. The van der Waals surface area contributed by atoms with Crippen molar-refractivity contribution in [3.05, 3.63) is 94.0 Å². The zero-order chi connectivity index (χ0) is 24.0. The van der Waals surface area contributed by atoms with Crippen LogP contribution in [0.25, 0.3) is 0 Å². The molecule has 8 heteroatoms. The second kappa shape index (κ2) is 10.8. The molecule has 3 aromatic carbocycles. The van der Waals surface area contributed by atoms with E-state index in [4.69, 9.17) is 0 Å². The summed E-state index contributed by atoms with van der Waals surface area (Å²) in [6.45, 7) is 6.08. The van der Waals surface area contributed by atoms with Gasteiger partial charge in [0.25, 0.3) is 11.6 Å². The van der Waals surface area contributed by atoms with Crippen LogP contribution in [0.3, 0.4) is 0 Å². The molecule has 170 valence electrons. The molecule has 0 saturated heterocycles. The summed E-state index contributed by atoms with van der Waals surface area (Å²) in [4.78, 5) is 36.2. The molecule has 3 rings (SSSR count). The smallest absolute Gasteiger partial charge is 0.270 e. The highest BCUT2D eigenvalue weighted by Gasteiger charge is 2.15. The minimum absolute atomic E-state index is 0.0969. The van der Waals surface area contributed by atoms with E-state index in [2.05, 4.69) is 24.5 Å². The van der Waals surface area contributed by atoms with Crippen LogP contribution in [-0.2, 0) is 4.79 Å². The Hall–Kier alpha value is -3.65. The second-order valence-corrected chi connectivity index (χ2v) is 9.23. The number of amides is 2. The van der Waals surface area contributed by atoms with Crippen LogP contribution in [0, 0.1) is 10.1 Å². The number of carbonyl (C=O) groups is 2. The molecule has 33 heavy (non-hydrogen) atoms. The van der Waals surface area contributed by atoms with E-state index in [1.807, 2.05) is 43.3 Å². The van der Waals surface area contributed by atoms with Crippen molar-refractivity contribution in [3.8, 4) is 0 Å². The number of nitro groups is 1. The maximum absolute atomic E-state index is 12.5. The number of hydrogen-bond acceptors (Lipinski definition) is 5. The first-order valence-electron chi connectivity index (χ1n) is 10.5. The highest BCUT2D eigenvalue weighted by atomic mass is 32.2. The zero-order valence-corrected chi connectivity index (χ0v) is 19.4. The Morgan fingerprint density at radius 2 is 1.48 bits per heavy atom. The van der Waals surface area contributed by atoms with Crippen LogP contribution in [-0.4, -0.2) is 22.0 Å². The van der Waals surface area contributed by atoms with Gasteiger partial charge >= 0.3 is 0 Å². The van der Waals surface area contributed by atoms with Crippen LogP contribution in [0.2, 0.25) is 0 Å². The highest BCUT2D eigenvalue weighted by molar-refractivity contribution is 8.00. The molecule has 0 bridgehead atoms. The molecule has 0 aromatic heterocycles. The Labute approximate surface area is 196 Å². The van der Waals surface area contributed by atoms with Gasteiger partial charge in [0.2, 0.25) is 5.91 Å². The first-order valence-corrected chi connectivity index (χ1v) is 11.3. The molecular formula is C25H25N3O4S. The fraction of sp³-hybridized carbons (Fsp3) is 0.200. The van der Waals surface area contributed by atoms with Crippen LogP contribution >= 0.6 is 11.8 Å². The molecule has 0 fully saturated rings. The molecule has 0 radical (unpaired) electrons. The van der Waals surface area contributed by atoms with Gasteiger partial charge in [-0.2, -0.15) is 0 Å². The van der Waals surface area contributed by atoms with E-state index in [1.54, 1.807) is 12.1 Å². The third kappa shape index (κ3) is 6.66. The monoisotopic (exact) mass is 463 g/mol. The lowest BCUT2D eigenvalue weighted by molar-refractivity contribution is -0.384. The van der Waals surface area contributed by atoms with Crippen LogP contribution in [0.1, 0.15) is 42.6 Å². The van der Waals surface area contributed by atoms with Crippen molar-refractivity contribution in [1.29, 1.82) is 0 Å². The maximum atomic E-state index is 12.5. The molecule has 0 aliphatic carbocycles. The Kier molecular flexibility index (Phi) is 7.84. The number of nitro benzene ring substituents is 1. The summed E-state index contributed by atoms with van der Waals surface area (Å²) in [5, 5.41) is 16.2. The van der Waals surface area contributed by atoms with Gasteiger partial charge in [-0.05, 0) is 60.9 Å². The van der Waals surface area contributed by atoms with Crippen LogP contribution in [0.15, 0.2) is 77.7 Å². The van der Waals surface area contributed by atoms with Gasteiger partial charge in [-0.25, -0.2) is 0 Å². The molecule has 0 heterocycles. The standard InChI is InChI=1S/C25H25N3O4S/c1-16(2)18-7-9-20(10-8-18)26-24(29)17(3)33-23-13-11-21(12-14-23)27-25(30)19-5-4-6-22(15-19)28(31)32/h4-17H,1-3H3,(H,26,29)(H,27,30). The minimum atomic E-state index is -0.541. The zero-order valence-electron chi connectivity index (χ0n) is 18.6. The number of benzene rings is 3. The number of nitrogens with one attached hydrogen (secondary N) is 2. The SMILES string of the molecule is CC(Sc1ccc(NC(=O)c2cccc([N+](=O)[O-])c2)cc1)C(=O)Nc1ccc(C(C)C)cc1. The molecule has 0 spiro atoms. The fourth-order valence-corrected chi connectivity index (χ4v) is 3.90. The quantitative estimate of drug-likeness (QED) is 0.239. The van der Waals surface area contributed by atoms with Gasteiger partial charge in [0, 0.05) is 34.0 Å². The number of non-ortho nitro benzene ring substituents is 1. The van der Waals surface area contributed by atoms with Crippen molar-refractivity contribution in [2.75, 3.05) is 10.6 Å². The van der Waals surface area contributed by atoms with Gasteiger partial charge in [-0.3, -0.25) is 19.7 Å². The molecule has 7 nitrogen and oxygen atoms in total. The number of thioether (sulfide) groups is 1. The van der Waals surface area contributed by atoms with Crippen LogP contribution in [0.5, 0.6) is 0 Å². The lowest BCUT2D eigenvalue weighted by Gasteiger charge is -2.13. The van der Waals surface area contributed by atoms with Gasteiger partial charge in [-0.15, -0.1) is 11.8 Å². The predicted molar refractivity (Wildman–Crippen MR) is 132 cm³/mol. The summed E-state index contributed by atoms with van der Waals surface area (Å²) in [6, 6.07) is 20.5. The molecule has 0 aliphatic heterocycles. The largest absolute Gasteiger partial charge is 0.325 e. The Morgan fingerprint density at radius 1 is 0.879 bits per heavy atom. The van der Waals surface area contributed by atoms with E-state index in [0.29, 0.717) is 11.6 Å². The van der Waals surface area contributed by atoms with Crippen LogP contribution in [0.4, 0.5) is 17.1 Å². The number of anilines is 2. The van der Waals surface area contributed by atoms with E-state index in [9.17, 15) is 19.7 Å².